The second kappa shape index (κ2) is 10.7. The van der Waals surface area contributed by atoms with Crippen molar-refractivity contribution in [2.75, 3.05) is 47.0 Å². The lowest BCUT2D eigenvalue weighted by molar-refractivity contribution is -0.139. The zero-order chi connectivity index (χ0) is 23.3. The van der Waals surface area contributed by atoms with E-state index < -0.39 is 12.0 Å². The molecule has 8 heteroatoms. The smallest absolute Gasteiger partial charge is 0.338 e. The summed E-state index contributed by atoms with van der Waals surface area (Å²) in [5.41, 5.74) is 1.92. The van der Waals surface area contributed by atoms with Gasteiger partial charge in [-0.3, -0.25) is 9.80 Å². The van der Waals surface area contributed by atoms with Crippen molar-refractivity contribution in [3.63, 3.8) is 0 Å². The Kier molecular flexibility index (Phi) is 8.01. The van der Waals surface area contributed by atoms with Crippen LogP contribution in [0.1, 0.15) is 45.2 Å². The normalized spacial score (nSPS) is 20.2. The first kappa shape index (κ1) is 23.9. The third-order valence-electron chi connectivity index (χ3n) is 6.24. The van der Waals surface area contributed by atoms with Crippen molar-refractivity contribution in [2.24, 2.45) is 5.92 Å². The monoisotopic (exact) mass is 445 g/mol. The third kappa shape index (κ3) is 5.01. The number of nitrogens with zero attached hydrogens (tertiary/aromatic N) is 2. The Morgan fingerprint density at radius 3 is 2.41 bits per heavy atom. The fourth-order valence-corrected chi connectivity index (χ4v) is 4.37. The highest BCUT2D eigenvalue weighted by molar-refractivity contribution is 5.95. The number of carbonyl (C=O) groups excluding carboxylic acids is 2. The highest BCUT2D eigenvalue weighted by Crippen LogP contribution is 2.36. The Morgan fingerprint density at radius 1 is 1.12 bits per heavy atom. The topological polar surface area (TPSA) is 80.3 Å². The SMILES string of the molecule is CCOC(=O)C1=C(CN2CCC(C)CC2)N(CC)C(=O)N[C@H]1c1ccc(OC)c(OC)c1. The summed E-state index contributed by atoms with van der Waals surface area (Å²) in [5.74, 6) is 1.40. The average Bonchev–Trinajstić information content (AvgIpc) is 2.80. The van der Waals surface area contributed by atoms with Gasteiger partial charge in [-0.15, -0.1) is 0 Å². The highest BCUT2D eigenvalue weighted by Gasteiger charge is 2.38. The van der Waals surface area contributed by atoms with Gasteiger partial charge in [0, 0.05) is 18.8 Å². The fourth-order valence-electron chi connectivity index (χ4n) is 4.37. The number of methoxy groups -OCH3 is 2. The molecule has 0 radical (unpaired) electrons. The van der Waals surface area contributed by atoms with Crippen LogP contribution in [0.4, 0.5) is 4.79 Å². The molecule has 2 aliphatic rings. The van der Waals surface area contributed by atoms with Gasteiger partial charge in [-0.25, -0.2) is 9.59 Å². The Bertz CT molecular complexity index is 861. The van der Waals surface area contributed by atoms with Crippen molar-refractivity contribution in [1.82, 2.24) is 15.1 Å². The van der Waals surface area contributed by atoms with E-state index in [9.17, 15) is 9.59 Å². The summed E-state index contributed by atoms with van der Waals surface area (Å²) in [6.07, 6.45) is 2.22. The largest absolute Gasteiger partial charge is 0.493 e. The van der Waals surface area contributed by atoms with E-state index >= 15 is 0 Å². The molecule has 2 aliphatic heterocycles. The zero-order valence-corrected chi connectivity index (χ0v) is 19.8. The summed E-state index contributed by atoms with van der Waals surface area (Å²) in [6, 6.07) is 4.56. The van der Waals surface area contributed by atoms with E-state index in [-0.39, 0.29) is 12.6 Å². The predicted octanol–water partition coefficient (Wildman–Crippen LogP) is 3.34. The molecule has 1 saturated heterocycles. The van der Waals surface area contributed by atoms with Crippen LogP contribution in [0.2, 0.25) is 0 Å². The van der Waals surface area contributed by atoms with Crippen molar-refractivity contribution < 1.29 is 23.8 Å². The molecule has 0 aromatic heterocycles. The summed E-state index contributed by atoms with van der Waals surface area (Å²) in [7, 11) is 3.13. The first-order valence-electron chi connectivity index (χ1n) is 11.4. The van der Waals surface area contributed by atoms with E-state index in [0.29, 0.717) is 41.8 Å². The molecular weight excluding hydrogens is 410 g/mol. The third-order valence-corrected chi connectivity index (χ3v) is 6.24. The van der Waals surface area contributed by atoms with Crippen molar-refractivity contribution in [3.8, 4) is 11.5 Å². The van der Waals surface area contributed by atoms with E-state index in [1.807, 2.05) is 13.0 Å². The van der Waals surface area contributed by atoms with Crippen molar-refractivity contribution in [1.29, 1.82) is 0 Å². The van der Waals surface area contributed by atoms with Crippen molar-refractivity contribution >= 4 is 12.0 Å². The van der Waals surface area contributed by atoms with Crippen LogP contribution in [-0.4, -0.2) is 68.8 Å². The minimum Gasteiger partial charge on any atom is -0.493 e. The molecule has 2 amide bonds. The van der Waals surface area contributed by atoms with Crippen LogP contribution in [0.3, 0.4) is 0 Å². The molecule has 0 unspecified atom stereocenters. The molecule has 1 aromatic carbocycles. The summed E-state index contributed by atoms with van der Waals surface area (Å²) in [5, 5.41) is 3.00. The molecule has 0 spiro atoms. The van der Waals surface area contributed by atoms with E-state index in [1.165, 1.54) is 0 Å². The van der Waals surface area contributed by atoms with E-state index in [4.69, 9.17) is 14.2 Å². The standard InChI is InChI=1S/C24H35N3O5/c1-6-27-18(15-26-12-10-16(3)11-13-26)21(23(28)32-7-2)22(25-24(27)29)17-8-9-19(30-4)20(14-17)31-5/h8-9,14,16,22H,6-7,10-13,15H2,1-5H3,(H,25,29)/t22-/m0/s1. The van der Waals surface area contributed by atoms with Gasteiger partial charge in [-0.1, -0.05) is 13.0 Å². The van der Waals surface area contributed by atoms with Gasteiger partial charge in [0.05, 0.1) is 32.4 Å². The van der Waals surface area contributed by atoms with Crippen molar-refractivity contribution in [3.05, 3.63) is 35.0 Å². The Labute approximate surface area is 190 Å². The number of likely N-dealkylation sites (N-methyl/N-ethyl adjacent to an activating group) is 1. The van der Waals surface area contributed by atoms with Gasteiger partial charge in [0.15, 0.2) is 11.5 Å². The first-order chi connectivity index (χ1) is 15.4. The summed E-state index contributed by atoms with van der Waals surface area (Å²) < 4.78 is 16.2. The van der Waals surface area contributed by atoms with Crippen LogP contribution >= 0.6 is 0 Å². The molecule has 1 aromatic rings. The lowest BCUT2D eigenvalue weighted by atomic mass is 9.93. The van der Waals surface area contributed by atoms with Gasteiger partial charge in [0.2, 0.25) is 0 Å². The number of amides is 2. The van der Waals surface area contributed by atoms with Gasteiger partial charge in [0.1, 0.15) is 0 Å². The maximum atomic E-state index is 13.2. The number of piperidine rings is 1. The second-order valence-corrected chi connectivity index (χ2v) is 8.28. The Hall–Kier alpha value is -2.74. The molecule has 32 heavy (non-hydrogen) atoms. The minimum atomic E-state index is -0.636. The molecule has 1 N–H and O–H groups in total. The van der Waals surface area contributed by atoms with Crippen LogP contribution in [-0.2, 0) is 9.53 Å². The number of hydrogen-bond acceptors (Lipinski definition) is 6. The molecule has 0 aliphatic carbocycles. The molecule has 2 heterocycles. The van der Waals surface area contributed by atoms with Crippen LogP contribution in [0.25, 0.3) is 0 Å². The average molecular weight is 446 g/mol. The van der Waals surface area contributed by atoms with Crippen LogP contribution in [0.5, 0.6) is 11.5 Å². The second-order valence-electron chi connectivity index (χ2n) is 8.28. The summed E-state index contributed by atoms with van der Waals surface area (Å²) >= 11 is 0. The zero-order valence-electron chi connectivity index (χ0n) is 19.8. The van der Waals surface area contributed by atoms with Crippen LogP contribution < -0.4 is 14.8 Å². The lowest BCUT2D eigenvalue weighted by Gasteiger charge is -2.39. The molecule has 0 saturated carbocycles. The number of benzene rings is 1. The van der Waals surface area contributed by atoms with Gasteiger partial charge < -0.3 is 19.5 Å². The Morgan fingerprint density at radius 2 is 1.81 bits per heavy atom. The van der Waals surface area contributed by atoms with E-state index in [2.05, 4.69) is 17.1 Å². The molecule has 8 nitrogen and oxygen atoms in total. The number of likely N-dealkylation sites (tertiary alicyclic amines) is 1. The first-order valence-corrected chi connectivity index (χ1v) is 11.4. The fraction of sp³-hybridized carbons (Fsp3) is 0.583. The quantitative estimate of drug-likeness (QED) is 0.618. The minimum absolute atomic E-state index is 0.222. The highest BCUT2D eigenvalue weighted by atomic mass is 16.5. The molecule has 3 rings (SSSR count). The van der Waals surface area contributed by atoms with Gasteiger partial charge in [-0.05, 0) is 63.4 Å². The maximum Gasteiger partial charge on any atom is 0.338 e. The van der Waals surface area contributed by atoms with E-state index in [1.54, 1.807) is 38.2 Å². The molecule has 176 valence electrons. The van der Waals surface area contributed by atoms with Crippen molar-refractivity contribution in [2.45, 2.75) is 39.7 Å². The summed E-state index contributed by atoms with van der Waals surface area (Å²) in [4.78, 5) is 30.2. The molecule has 1 fully saturated rings. The number of urea groups is 1. The van der Waals surface area contributed by atoms with Crippen LogP contribution in [0, 0.1) is 5.92 Å². The van der Waals surface area contributed by atoms with Gasteiger partial charge >= 0.3 is 12.0 Å². The van der Waals surface area contributed by atoms with Gasteiger partial charge in [0.25, 0.3) is 0 Å². The molecule has 0 bridgehead atoms. The number of ether oxygens (including phenoxy) is 3. The van der Waals surface area contributed by atoms with E-state index in [0.717, 1.165) is 31.5 Å². The maximum absolute atomic E-state index is 13.2. The number of rotatable bonds is 8. The van der Waals surface area contributed by atoms with Gasteiger partial charge in [-0.2, -0.15) is 0 Å². The number of esters is 1. The molecule has 1 atom stereocenters. The Balaban J connectivity index is 2.08. The lowest BCUT2D eigenvalue weighted by Crippen LogP contribution is -2.51. The number of carbonyl (C=O) groups is 2. The number of nitrogens with one attached hydrogen (secondary N) is 1. The van der Waals surface area contributed by atoms with Crippen LogP contribution in [0.15, 0.2) is 29.5 Å². The summed E-state index contributed by atoms with van der Waals surface area (Å²) in [6.45, 7) is 9.11. The number of hydrogen-bond donors (Lipinski definition) is 1. The molecular formula is C24H35N3O5. The predicted molar refractivity (Wildman–Crippen MR) is 122 cm³/mol.